The molecule has 22 heavy (non-hydrogen) atoms. The molecule has 0 aliphatic heterocycles. The molecule has 0 aromatic carbocycles. The topological polar surface area (TPSA) is 54.4 Å². The van der Waals surface area contributed by atoms with Crippen LogP contribution in [0, 0.1) is 5.41 Å². The molecular weight excluding hydrogens is 352 g/mol. The maximum Gasteiger partial charge on any atom is 0.417 e. The van der Waals surface area contributed by atoms with Crippen LogP contribution < -0.4 is 0 Å². The van der Waals surface area contributed by atoms with Gasteiger partial charge in [0.15, 0.2) is 0 Å². The monoisotopic (exact) mass is 364 g/mol. The van der Waals surface area contributed by atoms with Crippen molar-refractivity contribution in [3.63, 3.8) is 0 Å². The largest absolute Gasteiger partial charge is 0.511 e. The minimum absolute atomic E-state index is 0.748. The van der Waals surface area contributed by atoms with E-state index in [0.29, 0.717) is 0 Å². The van der Waals surface area contributed by atoms with E-state index in [9.17, 15) is 48.6 Å². The van der Waals surface area contributed by atoms with E-state index >= 15 is 0 Å². The van der Waals surface area contributed by atoms with Crippen LogP contribution >= 0.6 is 0 Å². The van der Waals surface area contributed by atoms with E-state index in [0.717, 1.165) is 20.8 Å². The maximum atomic E-state index is 13.3. The van der Waals surface area contributed by atoms with Crippen LogP contribution in [0.25, 0.3) is 0 Å². The molecule has 0 unspecified atom stereocenters. The molecule has 0 bridgehead atoms. The molecule has 0 aromatic rings. The van der Waals surface area contributed by atoms with Gasteiger partial charge in [0.25, 0.3) is 0 Å². The fourth-order valence-corrected chi connectivity index (χ4v) is 2.20. The van der Waals surface area contributed by atoms with Crippen LogP contribution in [0.1, 0.15) is 20.8 Å². The SMILES string of the molecule is CC(C)(C)/C(O)=C/S(=O)(=O)C(F)(F)C(F)(F)C(F)(F)C(F)F. The summed E-state index contributed by atoms with van der Waals surface area (Å²) in [5, 5.41) is 1.91. The Kier molecular flexibility index (Phi) is 5.26. The number of rotatable bonds is 5. The van der Waals surface area contributed by atoms with E-state index in [2.05, 4.69) is 0 Å². The van der Waals surface area contributed by atoms with E-state index in [4.69, 9.17) is 0 Å². The average molecular weight is 364 g/mol. The van der Waals surface area contributed by atoms with E-state index < -0.39 is 49.9 Å². The Balaban J connectivity index is 6.15. The molecule has 0 aliphatic rings. The Morgan fingerprint density at radius 2 is 1.36 bits per heavy atom. The number of alkyl halides is 8. The lowest BCUT2D eigenvalue weighted by atomic mass is 9.95. The van der Waals surface area contributed by atoms with Gasteiger partial charge >= 0.3 is 23.5 Å². The molecule has 12 heteroatoms. The summed E-state index contributed by atoms with van der Waals surface area (Å²) in [6, 6.07) is 0. The first-order chi connectivity index (χ1) is 9.32. The second-order valence-corrected chi connectivity index (χ2v) is 7.15. The summed E-state index contributed by atoms with van der Waals surface area (Å²) in [5.41, 5.74) is -1.50. The van der Waals surface area contributed by atoms with Crippen LogP contribution in [-0.2, 0) is 9.84 Å². The summed E-state index contributed by atoms with van der Waals surface area (Å²) in [5.74, 6) is -14.8. The molecule has 0 saturated carbocycles. The van der Waals surface area contributed by atoms with Crippen molar-refractivity contribution in [1.29, 1.82) is 0 Å². The van der Waals surface area contributed by atoms with Crippen LogP contribution in [0.5, 0.6) is 0 Å². The standard InChI is InChI=1S/C10H12F8O3S/c1-7(2,3)5(19)4-22(20,21)10(17,18)9(15,16)8(13,14)6(11)12/h4,6,19H,1-3H3/b5-4-. The van der Waals surface area contributed by atoms with Crippen molar-refractivity contribution in [3.05, 3.63) is 11.2 Å². The lowest BCUT2D eigenvalue weighted by Gasteiger charge is -2.31. The molecule has 0 rings (SSSR count). The smallest absolute Gasteiger partial charge is 0.417 e. The molecule has 1 N–H and O–H groups in total. The van der Waals surface area contributed by atoms with Crippen LogP contribution in [0.3, 0.4) is 0 Å². The van der Waals surface area contributed by atoms with Crippen LogP contribution in [0.4, 0.5) is 35.1 Å². The Morgan fingerprint density at radius 3 is 1.64 bits per heavy atom. The Bertz CT molecular complexity index is 545. The molecule has 0 radical (unpaired) electrons. The molecule has 3 nitrogen and oxygen atoms in total. The van der Waals surface area contributed by atoms with E-state index in [1.807, 2.05) is 0 Å². The molecule has 0 amide bonds. The lowest BCUT2D eigenvalue weighted by molar-refractivity contribution is -0.314. The second-order valence-electron chi connectivity index (χ2n) is 5.31. The highest BCUT2D eigenvalue weighted by atomic mass is 32.2. The van der Waals surface area contributed by atoms with Gasteiger partial charge in [-0.15, -0.1) is 0 Å². The third-order valence-electron chi connectivity index (χ3n) is 2.45. The van der Waals surface area contributed by atoms with Gasteiger partial charge in [-0.3, -0.25) is 0 Å². The Morgan fingerprint density at radius 1 is 1.00 bits per heavy atom. The number of hydrogen-bond donors (Lipinski definition) is 1. The molecule has 0 atom stereocenters. The number of sulfone groups is 1. The third-order valence-corrected chi connectivity index (χ3v) is 3.96. The summed E-state index contributed by atoms with van der Waals surface area (Å²) < 4.78 is 124. The first kappa shape index (κ1) is 20.9. The van der Waals surface area contributed by atoms with E-state index in [1.165, 1.54) is 0 Å². The first-order valence-corrected chi connectivity index (χ1v) is 6.94. The highest BCUT2D eigenvalue weighted by molar-refractivity contribution is 7.95. The summed E-state index contributed by atoms with van der Waals surface area (Å²) >= 11 is 0. The van der Waals surface area contributed by atoms with Gasteiger partial charge in [0.2, 0.25) is 9.84 Å². The molecule has 0 aromatic heterocycles. The zero-order chi connectivity index (χ0) is 18.4. The van der Waals surface area contributed by atoms with Gasteiger partial charge in [-0.05, 0) is 0 Å². The second kappa shape index (κ2) is 5.53. The van der Waals surface area contributed by atoms with Crippen LogP contribution in [0.2, 0.25) is 0 Å². The summed E-state index contributed by atoms with van der Waals surface area (Å²) in [7, 11) is -6.53. The fraction of sp³-hybridized carbons (Fsp3) is 0.800. The van der Waals surface area contributed by atoms with Crippen molar-refractivity contribution >= 4 is 9.84 Å². The lowest BCUT2D eigenvalue weighted by Crippen LogP contribution is -2.60. The molecule has 0 aliphatic carbocycles. The Labute approximate surface area is 120 Å². The van der Waals surface area contributed by atoms with Crippen LogP contribution in [0.15, 0.2) is 11.2 Å². The normalized spacial score (nSPS) is 16.3. The molecule has 0 fully saturated rings. The summed E-state index contributed by atoms with van der Waals surface area (Å²) in [6.07, 6.45) is -5.23. The van der Waals surface area contributed by atoms with E-state index in [-0.39, 0.29) is 0 Å². The first-order valence-electron chi connectivity index (χ1n) is 5.39. The van der Waals surface area contributed by atoms with Crippen molar-refractivity contribution in [2.45, 2.75) is 44.3 Å². The average Bonchev–Trinajstić information content (AvgIpc) is 2.25. The van der Waals surface area contributed by atoms with Crippen molar-refractivity contribution in [1.82, 2.24) is 0 Å². The van der Waals surface area contributed by atoms with Gasteiger partial charge < -0.3 is 5.11 Å². The number of allylic oxidation sites excluding steroid dienone is 1. The zero-order valence-corrected chi connectivity index (χ0v) is 12.2. The van der Waals surface area contributed by atoms with Gasteiger partial charge in [0.1, 0.15) is 5.76 Å². The highest BCUT2D eigenvalue weighted by Gasteiger charge is 2.79. The fourth-order valence-electron chi connectivity index (χ4n) is 0.907. The van der Waals surface area contributed by atoms with Gasteiger partial charge in [-0.1, -0.05) is 20.8 Å². The molecular formula is C10H12F8O3S. The predicted molar refractivity (Wildman–Crippen MR) is 59.9 cm³/mol. The quantitative estimate of drug-likeness (QED) is 0.593. The third kappa shape index (κ3) is 3.30. The Hall–Kier alpha value is -1.07. The summed E-state index contributed by atoms with van der Waals surface area (Å²) in [6.45, 7) is 3.29. The van der Waals surface area contributed by atoms with Crippen LogP contribution in [-0.4, -0.2) is 37.0 Å². The predicted octanol–water partition coefficient (Wildman–Crippen LogP) is 3.98. The van der Waals surface area contributed by atoms with Crippen molar-refractivity contribution in [3.8, 4) is 0 Å². The summed E-state index contributed by atoms with van der Waals surface area (Å²) in [4.78, 5) is 0. The van der Waals surface area contributed by atoms with Gasteiger partial charge in [0.05, 0.1) is 5.41 Å². The number of aliphatic hydroxyl groups is 1. The van der Waals surface area contributed by atoms with Gasteiger partial charge in [-0.2, -0.15) is 26.3 Å². The molecule has 132 valence electrons. The number of halogens is 8. The number of hydrogen-bond acceptors (Lipinski definition) is 3. The molecule has 0 heterocycles. The van der Waals surface area contributed by atoms with E-state index in [1.54, 1.807) is 0 Å². The maximum absolute atomic E-state index is 13.3. The van der Waals surface area contributed by atoms with Crippen molar-refractivity contribution < 1.29 is 48.6 Å². The molecule has 0 spiro atoms. The van der Waals surface area contributed by atoms with Crippen molar-refractivity contribution in [2.75, 3.05) is 0 Å². The zero-order valence-electron chi connectivity index (χ0n) is 11.4. The molecule has 0 saturated heterocycles. The number of aliphatic hydroxyl groups excluding tert-OH is 1. The van der Waals surface area contributed by atoms with Gasteiger partial charge in [0, 0.05) is 5.41 Å². The van der Waals surface area contributed by atoms with Crippen molar-refractivity contribution in [2.24, 2.45) is 5.41 Å². The minimum atomic E-state index is -6.90. The minimum Gasteiger partial charge on any atom is -0.511 e. The van der Waals surface area contributed by atoms with Gasteiger partial charge in [-0.25, -0.2) is 17.2 Å². The highest BCUT2D eigenvalue weighted by Crippen LogP contribution is 2.51.